The Morgan fingerprint density at radius 2 is 1.75 bits per heavy atom. The van der Waals surface area contributed by atoms with E-state index in [9.17, 15) is 9.59 Å². The highest BCUT2D eigenvalue weighted by molar-refractivity contribution is 5.88. The fourth-order valence-corrected chi connectivity index (χ4v) is 3.20. The van der Waals surface area contributed by atoms with Gasteiger partial charge in [0.05, 0.1) is 6.42 Å². The van der Waals surface area contributed by atoms with Crippen LogP contribution in [0.1, 0.15) is 43.4 Å². The van der Waals surface area contributed by atoms with Crippen molar-refractivity contribution in [2.75, 3.05) is 13.1 Å². The number of rotatable bonds is 10. The van der Waals surface area contributed by atoms with Crippen LogP contribution >= 0.6 is 0 Å². The van der Waals surface area contributed by atoms with Gasteiger partial charge >= 0.3 is 0 Å². The molecule has 0 aromatic heterocycles. The number of hydrogen-bond donors (Lipinski definition) is 1. The van der Waals surface area contributed by atoms with Gasteiger partial charge in [0.2, 0.25) is 11.8 Å². The van der Waals surface area contributed by atoms with Crippen molar-refractivity contribution in [2.24, 2.45) is 0 Å². The van der Waals surface area contributed by atoms with Crippen LogP contribution in [0.3, 0.4) is 0 Å². The lowest BCUT2D eigenvalue weighted by Crippen LogP contribution is -2.49. The van der Waals surface area contributed by atoms with E-state index in [2.05, 4.69) is 24.4 Å². The predicted octanol–water partition coefficient (Wildman–Crippen LogP) is 3.91. The lowest BCUT2D eigenvalue weighted by Gasteiger charge is -2.29. The van der Waals surface area contributed by atoms with Gasteiger partial charge in [0, 0.05) is 13.1 Å². The normalized spacial score (nSPS) is 11.7. The standard InChI is InChI=1S/C24H32N2O2/c1-4-5-15-25-24(28)20(3)26(16-14-21-11-7-6-8-12-21)23(27)18-22-13-9-10-19(2)17-22/h6-13,17,20H,4-5,14-16,18H2,1-3H3,(H,25,28)/t20-/m0/s1. The fourth-order valence-electron chi connectivity index (χ4n) is 3.20. The molecular formula is C24H32N2O2. The monoisotopic (exact) mass is 380 g/mol. The number of carbonyl (C=O) groups excluding carboxylic acids is 2. The Kier molecular flexibility index (Phi) is 8.73. The Hall–Kier alpha value is -2.62. The van der Waals surface area contributed by atoms with Crippen LogP contribution in [0.15, 0.2) is 54.6 Å². The van der Waals surface area contributed by atoms with E-state index >= 15 is 0 Å². The Morgan fingerprint density at radius 1 is 1.04 bits per heavy atom. The van der Waals surface area contributed by atoms with Gasteiger partial charge in [0.15, 0.2) is 0 Å². The Morgan fingerprint density at radius 3 is 2.43 bits per heavy atom. The lowest BCUT2D eigenvalue weighted by atomic mass is 10.1. The summed E-state index contributed by atoms with van der Waals surface area (Å²) in [5, 5.41) is 2.96. The molecule has 1 N–H and O–H groups in total. The molecule has 0 aliphatic carbocycles. The molecule has 1 atom stereocenters. The van der Waals surface area contributed by atoms with Crippen molar-refractivity contribution in [3.63, 3.8) is 0 Å². The summed E-state index contributed by atoms with van der Waals surface area (Å²) in [6.45, 7) is 7.10. The maximum absolute atomic E-state index is 13.1. The first kappa shape index (κ1) is 21.7. The Balaban J connectivity index is 2.09. The van der Waals surface area contributed by atoms with Gasteiger partial charge in [-0.05, 0) is 37.8 Å². The number of benzene rings is 2. The topological polar surface area (TPSA) is 49.4 Å². The summed E-state index contributed by atoms with van der Waals surface area (Å²) in [4.78, 5) is 27.4. The molecule has 2 amide bonds. The van der Waals surface area contributed by atoms with E-state index in [0.717, 1.165) is 36.0 Å². The van der Waals surface area contributed by atoms with Crippen LogP contribution in [0.5, 0.6) is 0 Å². The van der Waals surface area contributed by atoms with Crippen molar-refractivity contribution in [2.45, 2.75) is 52.5 Å². The van der Waals surface area contributed by atoms with Gasteiger partial charge in [-0.2, -0.15) is 0 Å². The number of amides is 2. The summed E-state index contributed by atoms with van der Waals surface area (Å²) in [5.74, 6) is -0.0984. The molecular weight excluding hydrogens is 348 g/mol. The Bertz CT molecular complexity index is 758. The van der Waals surface area contributed by atoms with Crippen molar-refractivity contribution in [3.8, 4) is 0 Å². The predicted molar refractivity (Wildman–Crippen MR) is 114 cm³/mol. The first-order chi connectivity index (χ1) is 13.5. The maximum Gasteiger partial charge on any atom is 0.242 e. The van der Waals surface area contributed by atoms with Gasteiger partial charge in [0.25, 0.3) is 0 Å². The van der Waals surface area contributed by atoms with E-state index in [1.807, 2.05) is 56.3 Å². The highest BCUT2D eigenvalue weighted by Crippen LogP contribution is 2.11. The minimum absolute atomic E-state index is 0.0142. The van der Waals surface area contributed by atoms with Crippen molar-refractivity contribution < 1.29 is 9.59 Å². The summed E-state index contributed by atoms with van der Waals surface area (Å²) >= 11 is 0. The van der Waals surface area contributed by atoms with Crippen LogP contribution in [0.25, 0.3) is 0 Å². The SMILES string of the molecule is CCCCNC(=O)[C@H](C)N(CCc1ccccc1)C(=O)Cc1cccc(C)c1. The molecule has 0 fully saturated rings. The molecule has 0 aliphatic rings. The lowest BCUT2D eigenvalue weighted by molar-refractivity contribution is -0.139. The molecule has 0 saturated heterocycles. The first-order valence-electron chi connectivity index (χ1n) is 10.2. The van der Waals surface area contributed by atoms with Gasteiger partial charge in [-0.3, -0.25) is 9.59 Å². The molecule has 28 heavy (non-hydrogen) atoms. The van der Waals surface area contributed by atoms with E-state index in [-0.39, 0.29) is 11.8 Å². The molecule has 0 heterocycles. The zero-order valence-corrected chi connectivity index (χ0v) is 17.3. The second-order valence-corrected chi connectivity index (χ2v) is 7.31. The van der Waals surface area contributed by atoms with Crippen molar-refractivity contribution >= 4 is 11.8 Å². The molecule has 150 valence electrons. The van der Waals surface area contributed by atoms with E-state index in [4.69, 9.17) is 0 Å². The number of unbranched alkanes of at least 4 members (excludes halogenated alkanes) is 1. The molecule has 2 aromatic carbocycles. The smallest absolute Gasteiger partial charge is 0.242 e. The largest absolute Gasteiger partial charge is 0.354 e. The number of nitrogens with zero attached hydrogens (tertiary/aromatic N) is 1. The summed E-state index contributed by atoms with van der Waals surface area (Å²) in [6, 6.07) is 17.6. The number of nitrogens with one attached hydrogen (secondary N) is 1. The van der Waals surface area contributed by atoms with Crippen LogP contribution in [0, 0.1) is 6.92 Å². The quantitative estimate of drug-likeness (QED) is 0.635. The molecule has 4 heteroatoms. The molecule has 0 saturated carbocycles. The highest BCUT2D eigenvalue weighted by Gasteiger charge is 2.25. The third-order valence-corrected chi connectivity index (χ3v) is 4.92. The van der Waals surface area contributed by atoms with Crippen molar-refractivity contribution in [1.29, 1.82) is 0 Å². The van der Waals surface area contributed by atoms with Crippen molar-refractivity contribution in [3.05, 3.63) is 71.3 Å². The average molecular weight is 381 g/mol. The zero-order chi connectivity index (χ0) is 20.4. The van der Waals surface area contributed by atoms with Crippen LogP contribution in [0.2, 0.25) is 0 Å². The molecule has 0 unspecified atom stereocenters. The second-order valence-electron chi connectivity index (χ2n) is 7.31. The van der Waals surface area contributed by atoms with Gasteiger partial charge in [0.1, 0.15) is 6.04 Å². The van der Waals surface area contributed by atoms with E-state index in [1.165, 1.54) is 0 Å². The average Bonchev–Trinajstić information content (AvgIpc) is 2.69. The third-order valence-electron chi connectivity index (χ3n) is 4.92. The maximum atomic E-state index is 13.1. The van der Waals surface area contributed by atoms with Crippen LogP contribution in [-0.2, 0) is 22.4 Å². The summed E-state index contributed by atoms with van der Waals surface area (Å²) in [6.07, 6.45) is 3.01. The van der Waals surface area contributed by atoms with Crippen LogP contribution in [0.4, 0.5) is 0 Å². The summed E-state index contributed by atoms with van der Waals surface area (Å²) < 4.78 is 0. The first-order valence-corrected chi connectivity index (χ1v) is 10.2. The molecule has 0 radical (unpaired) electrons. The van der Waals surface area contributed by atoms with Crippen LogP contribution < -0.4 is 5.32 Å². The molecule has 2 rings (SSSR count). The van der Waals surface area contributed by atoms with Crippen molar-refractivity contribution in [1.82, 2.24) is 10.2 Å². The van der Waals surface area contributed by atoms with E-state index < -0.39 is 6.04 Å². The van der Waals surface area contributed by atoms with Crippen LogP contribution in [-0.4, -0.2) is 35.8 Å². The minimum Gasteiger partial charge on any atom is -0.354 e. The summed E-state index contributed by atoms with van der Waals surface area (Å²) in [5.41, 5.74) is 3.27. The third kappa shape index (κ3) is 6.84. The Labute approximate surface area is 169 Å². The number of carbonyl (C=O) groups is 2. The molecule has 0 aliphatic heterocycles. The zero-order valence-electron chi connectivity index (χ0n) is 17.3. The van der Waals surface area contributed by atoms with E-state index in [1.54, 1.807) is 4.90 Å². The van der Waals surface area contributed by atoms with E-state index in [0.29, 0.717) is 19.5 Å². The summed E-state index contributed by atoms with van der Waals surface area (Å²) in [7, 11) is 0. The van der Waals surface area contributed by atoms with Gasteiger partial charge in [-0.15, -0.1) is 0 Å². The fraction of sp³-hybridized carbons (Fsp3) is 0.417. The molecule has 2 aromatic rings. The molecule has 0 bridgehead atoms. The van der Waals surface area contributed by atoms with Gasteiger partial charge in [-0.1, -0.05) is 73.5 Å². The van der Waals surface area contributed by atoms with Gasteiger partial charge in [-0.25, -0.2) is 0 Å². The second kappa shape index (κ2) is 11.3. The molecule has 0 spiro atoms. The van der Waals surface area contributed by atoms with Gasteiger partial charge < -0.3 is 10.2 Å². The minimum atomic E-state index is -0.488. The number of aryl methyl sites for hydroxylation is 1. The molecule has 4 nitrogen and oxygen atoms in total. The number of hydrogen-bond acceptors (Lipinski definition) is 2. The highest BCUT2D eigenvalue weighted by atomic mass is 16.2.